The van der Waals surface area contributed by atoms with Crippen molar-refractivity contribution in [3.63, 3.8) is 0 Å². The monoisotopic (exact) mass is 262 g/mol. The molecule has 0 aromatic heterocycles. The van der Waals surface area contributed by atoms with Gasteiger partial charge in [0.05, 0.1) is 0 Å². The maximum absolute atomic E-state index is 9.56. The van der Waals surface area contributed by atoms with Crippen LogP contribution in [0.3, 0.4) is 0 Å². The zero-order chi connectivity index (χ0) is 13.8. The molecule has 2 N–H and O–H groups in total. The molecule has 0 saturated carbocycles. The van der Waals surface area contributed by atoms with Crippen LogP contribution in [-0.4, -0.2) is 36.2 Å². The second-order valence-corrected chi connectivity index (χ2v) is 5.86. The molecule has 2 rings (SSSR count). The minimum atomic E-state index is 0.388. The Bertz CT molecular complexity index is 417. The van der Waals surface area contributed by atoms with Crippen molar-refractivity contribution < 1.29 is 5.11 Å². The van der Waals surface area contributed by atoms with Crippen LogP contribution in [0.4, 0.5) is 0 Å². The Labute approximate surface area is 116 Å². The van der Waals surface area contributed by atoms with E-state index in [0.717, 1.165) is 19.5 Å². The molecule has 1 aromatic carbocycles. The van der Waals surface area contributed by atoms with E-state index in [1.54, 1.807) is 6.07 Å². The molecule has 19 heavy (non-hydrogen) atoms. The number of aryl methyl sites for hydroxylation is 1. The third-order valence-corrected chi connectivity index (χ3v) is 4.18. The van der Waals surface area contributed by atoms with Crippen molar-refractivity contribution in [1.82, 2.24) is 10.2 Å². The zero-order valence-electron chi connectivity index (χ0n) is 12.3. The first-order valence-corrected chi connectivity index (χ1v) is 7.33. The summed E-state index contributed by atoms with van der Waals surface area (Å²) in [4.78, 5) is 2.35. The SMILES string of the molecule is CC(C)N(C)CCNC1CCCc2cc(O)ccc21. The van der Waals surface area contributed by atoms with Crippen molar-refractivity contribution in [2.24, 2.45) is 0 Å². The highest BCUT2D eigenvalue weighted by molar-refractivity contribution is 5.38. The molecule has 0 bridgehead atoms. The molecule has 3 nitrogen and oxygen atoms in total. The number of phenolic OH excluding ortho intramolecular Hbond substituents is 1. The van der Waals surface area contributed by atoms with Crippen LogP contribution in [0.25, 0.3) is 0 Å². The van der Waals surface area contributed by atoms with Crippen LogP contribution in [0.2, 0.25) is 0 Å². The Balaban J connectivity index is 1.93. The highest BCUT2D eigenvalue weighted by atomic mass is 16.3. The van der Waals surface area contributed by atoms with Gasteiger partial charge in [-0.1, -0.05) is 6.07 Å². The molecule has 1 aliphatic rings. The fourth-order valence-electron chi connectivity index (χ4n) is 2.69. The molecule has 0 heterocycles. The van der Waals surface area contributed by atoms with Crippen molar-refractivity contribution in [3.8, 4) is 5.75 Å². The average Bonchev–Trinajstić information content (AvgIpc) is 2.38. The number of hydrogen-bond acceptors (Lipinski definition) is 3. The first-order valence-electron chi connectivity index (χ1n) is 7.33. The normalized spacial score (nSPS) is 18.9. The number of benzene rings is 1. The number of aromatic hydroxyl groups is 1. The summed E-state index contributed by atoms with van der Waals surface area (Å²) in [5.41, 5.74) is 2.68. The van der Waals surface area contributed by atoms with E-state index in [0.29, 0.717) is 17.8 Å². The van der Waals surface area contributed by atoms with Crippen molar-refractivity contribution >= 4 is 0 Å². The van der Waals surface area contributed by atoms with Gasteiger partial charge in [0.1, 0.15) is 5.75 Å². The summed E-state index contributed by atoms with van der Waals surface area (Å²) in [6.45, 7) is 6.53. The topological polar surface area (TPSA) is 35.5 Å². The molecular formula is C16H26N2O. The molecule has 3 heteroatoms. The van der Waals surface area contributed by atoms with E-state index in [-0.39, 0.29) is 0 Å². The first kappa shape index (κ1) is 14.4. The number of hydrogen-bond donors (Lipinski definition) is 2. The Kier molecular flexibility index (Phi) is 4.83. The van der Waals surface area contributed by atoms with Gasteiger partial charge in [-0.05, 0) is 63.4 Å². The van der Waals surface area contributed by atoms with Gasteiger partial charge in [0.15, 0.2) is 0 Å². The van der Waals surface area contributed by atoms with Gasteiger partial charge in [-0.3, -0.25) is 0 Å². The van der Waals surface area contributed by atoms with Gasteiger partial charge < -0.3 is 15.3 Å². The number of likely N-dealkylation sites (N-methyl/N-ethyl adjacent to an activating group) is 1. The zero-order valence-corrected chi connectivity index (χ0v) is 12.3. The second kappa shape index (κ2) is 6.40. The summed E-state index contributed by atoms with van der Waals surface area (Å²) in [5.74, 6) is 0.388. The summed E-state index contributed by atoms with van der Waals surface area (Å²) in [6, 6.07) is 6.85. The van der Waals surface area contributed by atoms with Crippen LogP contribution >= 0.6 is 0 Å². The van der Waals surface area contributed by atoms with E-state index >= 15 is 0 Å². The lowest BCUT2D eigenvalue weighted by molar-refractivity contribution is 0.266. The Morgan fingerprint density at radius 1 is 1.42 bits per heavy atom. The van der Waals surface area contributed by atoms with Gasteiger partial charge in [0.2, 0.25) is 0 Å². The molecule has 1 aliphatic carbocycles. The molecule has 0 aliphatic heterocycles. The Hall–Kier alpha value is -1.06. The van der Waals surface area contributed by atoms with E-state index in [1.165, 1.54) is 24.0 Å². The van der Waals surface area contributed by atoms with Gasteiger partial charge in [-0.2, -0.15) is 0 Å². The lowest BCUT2D eigenvalue weighted by Crippen LogP contribution is -2.36. The minimum absolute atomic E-state index is 0.388. The number of phenols is 1. The summed E-state index contributed by atoms with van der Waals surface area (Å²) < 4.78 is 0. The standard InChI is InChI=1S/C16H26N2O/c1-12(2)18(3)10-9-17-16-6-4-5-13-11-14(19)7-8-15(13)16/h7-8,11-12,16-17,19H,4-6,9-10H2,1-3H3. The van der Waals surface area contributed by atoms with E-state index in [1.807, 2.05) is 6.07 Å². The van der Waals surface area contributed by atoms with Gasteiger partial charge >= 0.3 is 0 Å². The van der Waals surface area contributed by atoms with Crippen molar-refractivity contribution in [2.75, 3.05) is 20.1 Å². The van der Waals surface area contributed by atoms with E-state index in [9.17, 15) is 5.11 Å². The molecule has 1 aromatic rings. The third-order valence-electron chi connectivity index (χ3n) is 4.18. The molecule has 0 spiro atoms. The highest BCUT2D eigenvalue weighted by Crippen LogP contribution is 2.31. The first-order chi connectivity index (χ1) is 9.08. The summed E-state index contributed by atoms with van der Waals surface area (Å²) in [7, 11) is 2.17. The summed E-state index contributed by atoms with van der Waals surface area (Å²) in [5, 5.41) is 13.2. The van der Waals surface area contributed by atoms with Crippen LogP contribution in [0.5, 0.6) is 5.75 Å². The molecule has 1 unspecified atom stereocenters. The summed E-state index contributed by atoms with van der Waals surface area (Å²) >= 11 is 0. The molecule has 1 atom stereocenters. The molecule has 0 radical (unpaired) electrons. The predicted octanol–water partition coefficient (Wildman–Crippen LogP) is 2.70. The fraction of sp³-hybridized carbons (Fsp3) is 0.625. The minimum Gasteiger partial charge on any atom is -0.508 e. The molecule has 0 saturated heterocycles. The van der Waals surface area contributed by atoms with Crippen LogP contribution in [0.15, 0.2) is 18.2 Å². The van der Waals surface area contributed by atoms with Crippen LogP contribution in [0, 0.1) is 0 Å². The third kappa shape index (κ3) is 3.71. The maximum Gasteiger partial charge on any atom is 0.115 e. The lowest BCUT2D eigenvalue weighted by Gasteiger charge is -2.28. The largest absolute Gasteiger partial charge is 0.508 e. The smallest absolute Gasteiger partial charge is 0.115 e. The van der Waals surface area contributed by atoms with Gasteiger partial charge in [-0.25, -0.2) is 0 Å². The number of fused-ring (bicyclic) bond motifs is 1. The Morgan fingerprint density at radius 2 is 2.21 bits per heavy atom. The van der Waals surface area contributed by atoms with E-state index in [4.69, 9.17) is 0 Å². The van der Waals surface area contributed by atoms with Crippen molar-refractivity contribution in [3.05, 3.63) is 29.3 Å². The molecule has 0 fully saturated rings. The van der Waals surface area contributed by atoms with E-state index in [2.05, 4.69) is 37.2 Å². The predicted molar refractivity (Wildman–Crippen MR) is 79.6 cm³/mol. The molecular weight excluding hydrogens is 236 g/mol. The lowest BCUT2D eigenvalue weighted by atomic mass is 9.87. The molecule has 0 amide bonds. The van der Waals surface area contributed by atoms with E-state index < -0.39 is 0 Å². The highest BCUT2D eigenvalue weighted by Gasteiger charge is 2.19. The van der Waals surface area contributed by atoms with Crippen molar-refractivity contribution in [2.45, 2.75) is 45.2 Å². The number of rotatable bonds is 5. The molecule has 106 valence electrons. The maximum atomic E-state index is 9.56. The van der Waals surface area contributed by atoms with Crippen LogP contribution in [0.1, 0.15) is 43.9 Å². The summed E-state index contributed by atoms with van der Waals surface area (Å²) in [6.07, 6.45) is 3.49. The van der Waals surface area contributed by atoms with Crippen LogP contribution in [-0.2, 0) is 6.42 Å². The second-order valence-electron chi connectivity index (χ2n) is 5.86. The van der Waals surface area contributed by atoms with Crippen LogP contribution < -0.4 is 5.32 Å². The van der Waals surface area contributed by atoms with Gasteiger partial charge in [0, 0.05) is 25.2 Å². The van der Waals surface area contributed by atoms with Gasteiger partial charge in [-0.15, -0.1) is 0 Å². The quantitative estimate of drug-likeness (QED) is 0.856. The van der Waals surface area contributed by atoms with Gasteiger partial charge in [0.25, 0.3) is 0 Å². The average molecular weight is 262 g/mol. The fourth-order valence-corrected chi connectivity index (χ4v) is 2.69. The number of nitrogens with zero attached hydrogens (tertiary/aromatic N) is 1. The Morgan fingerprint density at radius 3 is 2.95 bits per heavy atom. The van der Waals surface area contributed by atoms with Crippen molar-refractivity contribution in [1.29, 1.82) is 0 Å². The number of nitrogens with one attached hydrogen (secondary N) is 1.